The molecule has 1 saturated heterocycles. The zero-order valence-electron chi connectivity index (χ0n) is 12.8. The van der Waals surface area contributed by atoms with Gasteiger partial charge in [-0.05, 0) is 44.4 Å². The lowest BCUT2D eigenvalue weighted by Gasteiger charge is -2.23. The Hall–Kier alpha value is -2.03. The van der Waals surface area contributed by atoms with Gasteiger partial charge in [0, 0.05) is 25.3 Å². The first-order chi connectivity index (χ1) is 10.2. The lowest BCUT2D eigenvalue weighted by Crippen LogP contribution is -2.21. The van der Waals surface area contributed by atoms with Gasteiger partial charge >= 0.3 is 0 Å². The van der Waals surface area contributed by atoms with E-state index in [4.69, 9.17) is 0 Å². The van der Waals surface area contributed by atoms with Crippen molar-refractivity contribution in [3.63, 3.8) is 0 Å². The molecule has 0 aliphatic carbocycles. The second kappa shape index (κ2) is 6.17. The Labute approximate surface area is 127 Å². The van der Waals surface area contributed by atoms with Gasteiger partial charge < -0.3 is 10.2 Å². The minimum Gasteiger partial charge on any atom is -0.376 e. The standard InChI is InChI=1S/C18H23N3/c1-14-7-5-8-16(13-14)15(2)20-17-9-6-10-19-18(17)21-11-3-4-12-21/h5-10,13,15,20H,3-4,11-12H2,1-2H3. The Kier molecular flexibility index (Phi) is 4.09. The van der Waals surface area contributed by atoms with Gasteiger partial charge in [-0.3, -0.25) is 0 Å². The highest BCUT2D eigenvalue weighted by Crippen LogP contribution is 2.29. The molecule has 3 rings (SSSR count). The summed E-state index contributed by atoms with van der Waals surface area (Å²) in [6, 6.07) is 13.1. The summed E-state index contributed by atoms with van der Waals surface area (Å²) >= 11 is 0. The van der Waals surface area contributed by atoms with E-state index in [9.17, 15) is 0 Å². The molecule has 1 aromatic carbocycles. The molecular weight excluding hydrogens is 258 g/mol. The van der Waals surface area contributed by atoms with Crippen LogP contribution < -0.4 is 10.2 Å². The molecule has 1 fully saturated rings. The lowest BCUT2D eigenvalue weighted by molar-refractivity contribution is 0.870. The summed E-state index contributed by atoms with van der Waals surface area (Å²) in [7, 11) is 0. The van der Waals surface area contributed by atoms with Crippen molar-refractivity contribution >= 4 is 11.5 Å². The number of aromatic nitrogens is 1. The van der Waals surface area contributed by atoms with E-state index in [2.05, 4.69) is 59.4 Å². The highest BCUT2D eigenvalue weighted by atomic mass is 15.2. The van der Waals surface area contributed by atoms with E-state index in [1.165, 1.54) is 24.0 Å². The van der Waals surface area contributed by atoms with Crippen molar-refractivity contribution in [2.75, 3.05) is 23.3 Å². The molecule has 1 aromatic heterocycles. The number of rotatable bonds is 4. The third kappa shape index (κ3) is 3.18. The average Bonchev–Trinajstić information content (AvgIpc) is 3.02. The Morgan fingerprint density at radius 3 is 2.71 bits per heavy atom. The van der Waals surface area contributed by atoms with E-state index in [1.54, 1.807) is 0 Å². The lowest BCUT2D eigenvalue weighted by atomic mass is 10.1. The molecule has 1 N–H and O–H groups in total. The predicted octanol–water partition coefficient (Wildman–Crippen LogP) is 4.16. The third-order valence-corrected chi connectivity index (χ3v) is 4.11. The number of anilines is 2. The summed E-state index contributed by atoms with van der Waals surface area (Å²) in [6.45, 7) is 6.57. The van der Waals surface area contributed by atoms with Crippen molar-refractivity contribution in [3.05, 3.63) is 53.7 Å². The van der Waals surface area contributed by atoms with Crippen LogP contribution in [0.1, 0.15) is 36.9 Å². The van der Waals surface area contributed by atoms with E-state index in [-0.39, 0.29) is 6.04 Å². The number of hydrogen-bond acceptors (Lipinski definition) is 3. The molecule has 2 aromatic rings. The monoisotopic (exact) mass is 281 g/mol. The van der Waals surface area contributed by atoms with Crippen LogP contribution in [-0.4, -0.2) is 18.1 Å². The summed E-state index contributed by atoms with van der Waals surface area (Å²) in [5, 5.41) is 3.63. The van der Waals surface area contributed by atoms with Crippen LogP contribution in [-0.2, 0) is 0 Å². The molecule has 110 valence electrons. The quantitative estimate of drug-likeness (QED) is 0.912. The van der Waals surface area contributed by atoms with Crippen LogP contribution in [0.4, 0.5) is 11.5 Å². The fourth-order valence-corrected chi connectivity index (χ4v) is 2.95. The largest absolute Gasteiger partial charge is 0.376 e. The first-order valence-corrected chi connectivity index (χ1v) is 7.77. The van der Waals surface area contributed by atoms with Crippen LogP contribution in [0.2, 0.25) is 0 Å². The van der Waals surface area contributed by atoms with Crippen LogP contribution in [0.15, 0.2) is 42.6 Å². The summed E-state index contributed by atoms with van der Waals surface area (Å²) in [5.41, 5.74) is 3.74. The molecule has 3 heteroatoms. The van der Waals surface area contributed by atoms with Gasteiger partial charge in [-0.1, -0.05) is 29.8 Å². The van der Waals surface area contributed by atoms with Crippen molar-refractivity contribution in [2.24, 2.45) is 0 Å². The molecule has 0 bridgehead atoms. The van der Waals surface area contributed by atoms with Gasteiger partial charge in [0.05, 0.1) is 5.69 Å². The highest BCUT2D eigenvalue weighted by Gasteiger charge is 2.17. The molecule has 3 nitrogen and oxygen atoms in total. The predicted molar refractivity (Wildman–Crippen MR) is 88.9 cm³/mol. The van der Waals surface area contributed by atoms with Crippen LogP contribution >= 0.6 is 0 Å². The Morgan fingerprint density at radius 1 is 1.14 bits per heavy atom. The molecule has 0 spiro atoms. The van der Waals surface area contributed by atoms with Crippen molar-refractivity contribution in [1.29, 1.82) is 0 Å². The maximum atomic E-state index is 4.59. The number of nitrogens with zero attached hydrogens (tertiary/aromatic N) is 2. The molecule has 1 unspecified atom stereocenters. The van der Waals surface area contributed by atoms with Crippen LogP contribution in [0.25, 0.3) is 0 Å². The third-order valence-electron chi connectivity index (χ3n) is 4.11. The summed E-state index contributed by atoms with van der Waals surface area (Å²) < 4.78 is 0. The second-order valence-corrected chi connectivity index (χ2v) is 5.85. The maximum Gasteiger partial charge on any atom is 0.151 e. The number of pyridine rings is 1. The number of hydrogen-bond donors (Lipinski definition) is 1. The average molecular weight is 281 g/mol. The van der Waals surface area contributed by atoms with Crippen molar-refractivity contribution in [1.82, 2.24) is 4.98 Å². The highest BCUT2D eigenvalue weighted by molar-refractivity contribution is 5.66. The normalized spacial score (nSPS) is 16.0. The molecule has 0 saturated carbocycles. The molecule has 21 heavy (non-hydrogen) atoms. The zero-order valence-corrected chi connectivity index (χ0v) is 12.8. The Morgan fingerprint density at radius 2 is 1.95 bits per heavy atom. The number of benzene rings is 1. The van der Waals surface area contributed by atoms with Gasteiger partial charge in [-0.2, -0.15) is 0 Å². The smallest absolute Gasteiger partial charge is 0.151 e. The summed E-state index contributed by atoms with van der Waals surface area (Å²) in [5.74, 6) is 1.09. The van der Waals surface area contributed by atoms with Crippen molar-refractivity contribution in [2.45, 2.75) is 32.7 Å². The fraction of sp³-hybridized carbons (Fsp3) is 0.389. The van der Waals surface area contributed by atoms with Gasteiger partial charge in [-0.15, -0.1) is 0 Å². The molecule has 0 radical (unpaired) electrons. The van der Waals surface area contributed by atoms with Gasteiger partial charge in [-0.25, -0.2) is 4.98 Å². The van der Waals surface area contributed by atoms with Crippen molar-refractivity contribution in [3.8, 4) is 0 Å². The van der Waals surface area contributed by atoms with E-state index in [1.807, 2.05) is 12.3 Å². The zero-order chi connectivity index (χ0) is 14.7. The first kappa shape index (κ1) is 13.9. The topological polar surface area (TPSA) is 28.2 Å². The summed E-state index contributed by atoms with van der Waals surface area (Å²) in [4.78, 5) is 6.97. The van der Waals surface area contributed by atoms with E-state index >= 15 is 0 Å². The Balaban J connectivity index is 1.81. The van der Waals surface area contributed by atoms with Crippen LogP contribution in [0.5, 0.6) is 0 Å². The first-order valence-electron chi connectivity index (χ1n) is 7.77. The molecule has 1 aliphatic rings. The maximum absolute atomic E-state index is 4.59. The van der Waals surface area contributed by atoms with Crippen molar-refractivity contribution < 1.29 is 0 Å². The fourth-order valence-electron chi connectivity index (χ4n) is 2.95. The number of nitrogens with one attached hydrogen (secondary N) is 1. The Bertz CT molecular complexity index is 603. The molecular formula is C18H23N3. The molecule has 2 heterocycles. The molecule has 1 aliphatic heterocycles. The minimum atomic E-state index is 0.274. The van der Waals surface area contributed by atoms with Gasteiger partial charge in [0.25, 0.3) is 0 Å². The van der Waals surface area contributed by atoms with E-state index in [0.29, 0.717) is 0 Å². The SMILES string of the molecule is Cc1cccc(C(C)Nc2cccnc2N2CCCC2)c1. The van der Waals surface area contributed by atoms with E-state index in [0.717, 1.165) is 24.6 Å². The van der Waals surface area contributed by atoms with Gasteiger partial charge in [0.15, 0.2) is 5.82 Å². The van der Waals surface area contributed by atoms with Gasteiger partial charge in [0.2, 0.25) is 0 Å². The number of aryl methyl sites for hydroxylation is 1. The van der Waals surface area contributed by atoms with Crippen LogP contribution in [0, 0.1) is 6.92 Å². The van der Waals surface area contributed by atoms with Gasteiger partial charge in [0.1, 0.15) is 0 Å². The van der Waals surface area contributed by atoms with Crippen LogP contribution in [0.3, 0.4) is 0 Å². The molecule has 1 atom stereocenters. The van der Waals surface area contributed by atoms with E-state index < -0.39 is 0 Å². The minimum absolute atomic E-state index is 0.274. The second-order valence-electron chi connectivity index (χ2n) is 5.85. The summed E-state index contributed by atoms with van der Waals surface area (Å²) in [6.07, 6.45) is 4.42. The molecule has 0 amide bonds.